The van der Waals surface area contributed by atoms with Gasteiger partial charge in [0, 0.05) is 10.5 Å². The van der Waals surface area contributed by atoms with Gasteiger partial charge in [-0.25, -0.2) is 4.39 Å². The third-order valence-electron chi connectivity index (χ3n) is 3.30. The molecule has 0 fully saturated rings. The maximum Gasteiger partial charge on any atom is 0.165 e. The molecule has 1 atom stereocenters. The van der Waals surface area contributed by atoms with Crippen LogP contribution in [-0.4, -0.2) is 14.2 Å². The van der Waals surface area contributed by atoms with Gasteiger partial charge in [-0.05, 0) is 47.9 Å². The summed E-state index contributed by atoms with van der Waals surface area (Å²) >= 11 is 3.50. The first kappa shape index (κ1) is 15.8. The summed E-state index contributed by atoms with van der Waals surface area (Å²) in [5, 5.41) is 0. The molecule has 2 aromatic rings. The van der Waals surface area contributed by atoms with Crippen LogP contribution in [-0.2, 0) is 6.42 Å². The molecule has 1 unspecified atom stereocenters. The highest BCUT2D eigenvalue weighted by Crippen LogP contribution is 2.28. The number of hydrogen-bond acceptors (Lipinski definition) is 3. The van der Waals surface area contributed by atoms with E-state index in [1.54, 1.807) is 19.2 Å². The monoisotopic (exact) mass is 353 g/mol. The highest BCUT2D eigenvalue weighted by molar-refractivity contribution is 9.10. The lowest BCUT2D eigenvalue weighted by atomic mass is 9.99. The molecule has 0 aliphatic carbocycles. The van der Waals surface area contributed by atoms with Crippen LogP contribution < -0.4 is 15.2 Å². The molecular weight excluding hydrogens is 337 g/mol. The van der Waals surface area contributed by atoms with Gasteiger partial charge >= 0.3 is 0 Å². The largest absolute Gasteiger partial charge is 0.497 e. The fourth-order valence-electron chi connectivity index (χ4n) is 2.10. The summed E-state index contributed by atoms with van der Waals surface area (Å²) in [6.45, 7) is 0. The van der Waals surface area contributed by atoms with Gasteiger partial charge in [0.25, 0.3) is 0 Å². The van der Waals surface area contributed by atoms with Crippen molar-refractivity contribution in [1.29, 1.82) is 0 Å². The van der Waals surface area contributed by atoms with Crippen molar-refractivity contribution in [3.05, 3.63) is 57.8 Å². The summed E-state index contributed by atoms with van der Waals surface area (Å²) in [5.41, 5.74) is 8.08. The van der Waals surface area contributed by atoms with E-state index in [0.717, 1.165) is 21.3 Å². The third kappa shape index (κ3) is 3.74. The molecule has 0 aromatic heterocycles. The van der Waals surface area contributed by atoms with Gasteiger partial charge in [-0.15, -0.1) is 0 Å². The van der Waals surface area contributed by atoms with Crippen molar-refractivity contribution >= 4 is 15.9 Å². The minimum Gasteiger partial charge on any atom is -0.497 e. The van der Waals surface area contributed by atoms with Crippen molar-refractivity contribution < 1.29 is 13.9 Å². The Hall–Kier alpha value is -1.59. The molecule has 2 rings (SSSR count). The van der Waals surface area contributed by atoms with Crippen LogP contribution in [0.4, 0.5) is 4.39 Å². The van der Waals surface area contributed by atoms with Crippen LogP contribution in [0, 0.1) is 5.82 Å². The van der Waals surface area contributed by atoms with E-state index in [9.17, 15) is 4.39 Å². The van der Waals surface area contributed by atoms with Crippen molar-refractivity contribution in [2.45, 2.75) is 12.5 Å². The van der Waals surface area contributed by atoms with Crippen LogP contribution in [0.1, 0.15) is 17.2 Å². The van der Waals surface area contributed by atoms with E-state index in [-0.39, 0.29) is 11.8 Å². The lowest BCUT2D eigenvalue weighted by molar-refractivity contribution is 0.385. The standard InChI is InChI=1S/C16H17BrFNO2/c1-20-12-4-5-13(17)11(7-12)8-15(19)10-3-6-14(18)16(9-10)21-2/h3-7,9,15H,8,19H2,1-2H3. The Morgan fingerprint density at radius 1 is 1.14 bits per heavy atom. The predicted molar refractivity (Wildman–Crippen MR) is 84.3 cm³/mol. The van der Waals surface area contributed by atoms with Gasteiger partial charge in [-0.2, -0.15) is 0 Å². The van der Waals surface area contributed by atoms with Crippen molar-refractivity contribution in [2.75, 3.05) is 14.2 Å². The molecule has 0 heterocycles. The molecule has 112 valence electrons. The third-order valence-corrected chi connectivity index (χ3v) is 4.07. The zero-order valence-corrected chi connectivity index (χ0v) is 13.5. The minimum atomic E-state index is -0.393. The Bertz CT molecular complexity index is 634. The number of benzene rings is 2. The van der Waals surface area contributed by atoms with E-state index in [1.807, 2.05) is 18.2 Å². The molecule has 5 heteroatoms. The molecule has 2 aromatic carbocycles. The van der Waals surface area contributed by atoms with Crippen molar-refractivity contribution in [1.82, 2.24) is 0 Å². The van der Waals surface area contributed by atoms with Gasteiger partial charge in [0.05, 0.1) is 14.2 Å². The van der Waals surface area contributed by atoms with Gasteiger partial charge in [-0.3, -0.25) is 0 Å². The first-order valence-corrected chi connectivity index (χ1v) is 7.26. The summed E-state index contributed by atoms with van der Waals surface area (Å²) < 4.78 is 24.6. The maximum absolute atomic E-state index is 13.4. The quantitative estimate of drug-likeness (QED) is 0.887. The molecule has 0 saturated carbocycles. The summed E-state index contributed by atoms with van der Waals surface area (Å²) in [4.78, 5) is 0. The van der Waals surface area contributed by atoms with Gasteiger partial charge in [0.1, 0.15) is 5.75 Å². The molecule has 0 saturated heterocycles. The number of rotatable bonds is 5. The van der Waals surface area contributed by atoms with Crippen molar-refractivity contribution in [2.24, 2.45) is 5.73 Å². The fraction of sp³-hybridized carbons (Fsp3) is 0.250. The van der Waals surface area contributed by atoms with Gasteiger partial charge in [-0.1, -0.05) is 22.0 Å². The Kier molecular flexibility index (Phi) is 5.20. The first-order chi connectivity index (χ1) is 10.0. The van der Waals surface area contributed by atoms with Crippen LogP contribution in [0.15, 0.2) is 40.9 Å². The van der Waals surface area contributed by atoms with Crippen LogP contribution in [0.25, 0.3) is 0 Å². The topological polar surface area (TPSA) is 44.5 Å². The van der Waals surface area contributed by atoms with E-state index >= 15 is 0 Å². The number of halogens is 2. The van der Waals surface area contributed by atoms with E-state index in [4.69, 9.17) is 15.2 Å². The summed E-state index contributed by atoms with van der Waals surface area (Å²) in [5.74, 6) is 0.584. The molecule has 2 N–H and O–H groups in total. The van der Waals surface area contributed by atoms with E-state index in [2.05, 4.69) is 15.9 Å². The normalized spacial score (nSPS) is 12.0. The Balaban J connectivity index is 2.23. The molecule has 0 spiro atoms. The molecule has 0 aliphatic rings. The van der Waals surface area contributed by atoms with Crippen LogP contribution in [0.2, 0.25) is 0 Å². The summed E-state index contributed by atoms with van der Waals surface area (Å²) in [6, 6.07) is 10.2. The van der Waals surface area contributed by atoms with Crippen LogP contribution in [0.3, 0.4) is 0 Å². The van der Waals surface area contributed by atoms with Gasteiger partial charge < -0.3 is 15.2 Å². The average molecular weight is 354 g/mol. The first-order valence-electron chi connectivity index (χ1n) is 6.46. The zero-order chi connectivity index (χ0) is 15.4. The highest BCUT2D eigenvalue weighted by Gasteiger charge is 2.13. The van der Waals surface area contributed by atoms with E-state index in [1.165, 1.54) is 13.2 Å². The number of hydrogen-bond donors (Lipinski definition) is 1. The van der Waals surface area contributed by atoms with Crippen molar-refractivity contribution in [3.8, 4) is 11.5 Å². The van der Waals surface area contributed by atoms with Crippen LogP contribution in [0.5, 0.6) is 11.5 Å². The van der Waals surface area contributed by atoms with Gasteiger partial charge in [0.15, 0.2) is 11.6 Å². The molecule has 3 nitrogen and oxygen atoms in total. The minimum absolute atomic E-state index is 0.202. The lowest BCUT2D eigenvalue weighted by Gasteiger charge is -2.15. The summed E-state index contributed by atoms with van der Waals surface area (Å²) in [7, 11) is 3.06. The number of ether oxygens (including phenoxy) is 2. The molecule has 0 bridgehead atoms. The second-order valence-electron chi connectivity index (χ2n) is 4.66. The molecule has 0 aliphatic heterocycles. The van der Waals surface area contributed by atoms with E-state index < -0.39 is 5.82 Å². The van der Waals surface area contributed by atoms with E-state index in [0.29, 0.717) is 6.42 Å². The molecule has 21 heavy (non-hydrogen) atoms. The number of nitrogens with two attached hydrogens (primary N) is 1. The Morgan fingerprint density at radius 3 is 2.57 bits per heavy atom. The molecule has 0 amide bonds. The lowest BCUT2D eigenvalue weighted by Crippen LogP contribution is -2.14. The SMILES string of the molecule is COc1ccc(Br)c(CC(N)c2ccc(F)c(OC)c2)c1. The fourth-order valence-corrected chi connectivity index (χ4v) is 2.50. The zero-order valence-electron chi connectivity index (χ0n) is 11.9. The average Bonchev–Trinajstić information content (AvgIpc) is 2.49. The summed E-state index contributed by atoms with van der Waals surface area (Å²) in [6.07, 6.45) is 0.604. The second kappa shape index (κ2) is 6.91. The Morgan fingerprint density at radius 2 is 1.90 bits per heavy atom. The smallest absolute Gasteiger partial charge is 0.165 e. The molecular formula is C16H17BrFNO2. The second-order valence-corrected chi connectivity index (χ2v) is 5.52. The maximum atomic E-state index is 13.4. The van der Waals surface area contributed by atoms with Gasteiger partial charge in [0.2, 0.25) is 0 Å². The van der Waals surface area contributed by atoms with Crippen molar-refractivity contribution in [3.63, 3.8) is 0 Å². The Labute approximate surface area is 132 Å². The molecule has 0 radical (unpaired) electrons. The van der Waals surface area contributed by atoms with Crippen LogP contribution >= 0.6 is 15.9 Å². The predicted octanol–water partition coefficient (Wildman–Crippen LogP) is 3.85. The number of methoxy groups -OCH3 is 2. The highest BCUT2D eigenvalue weighted by atomic mass is 79.9.